The van der Waals surface area contributed by atoms with Gasteiger partial charge in [0.05, 0.1) is 0 Å². The first-order chi connectivity index (χ1) is 13.3. The minimum atomic E-state index is -0.878. The van der Waals surface area contributed by atoms with E-state index in [2.05, 4.69) is 34.4 Å². The molecule has 1 saturated heterocycles. The number of hydrogen-bond donors (Lipinski definition) is 1. The third-order valence-electron chi connectivity index (χ3n) is 5.74. The highest BCUT2D eigenvalue weighted by molar-refractivity contribution is 5.98. The Bertz CT molecular complexity index is 854. The smallest absolute Gasteiger partial charge is 0.273 e. The number of nitrogens with one attached hydrogen (secondary N) is 1. The van der Waals surface area contributed by atoms with Gasteiger partial charge in [0.15, 0.2) is 0 Å². The molecule has 1 fully saturated rings. The zero-order valence-electron chi connectivity index (χ0n) is 17.5. The lowest BCUT2D eigenvalue weighted by atomic mass is 9.92. The average Bonchev–Trinajstić information content (AvgIpc) is 2.66. The van der Waals surface area contributed by atoms with Crippen molar-refractivity contribution in [2.75, 3.05) is 33.2 Å². The first-order valence-corrected chi connectivity index (χ1v) is 9.88. The highest BCUT2D eigenvalue weighted by Crippen LogP contribution is 2.30. The fourth-order valence-corrected chi connectivity index (χ4v) is 3.89. The number of amides is 2. The second-order valence-corrected chi connectivity index (χ2v) is 8.05. The quantitative estimate of drug-likeness (QED) is 0.872. The van der Waals surface area contributed by atoms with Gasteiger partial charge in [-0.1, -0.05) is 18.2 Å². The number of carbonyl (C=O) groups excluding carboxylic acids is 2. The van der Waals surface area contributed by atoms with Crippen LogP contribution in [0.15, 0.2) is 29.9 Å². The van der Waals surface area contributed by atoms with Crippen molar-refractivity contribution in [1.82, 2.24) is 20.1 Å². The second-order valence-electron chi connectivity index (χ2n) is 8.05. The Morgan fingerprint density at radius 3 is 2.64 bits per heavy atom. The SMILES string of the molecule is C/C=C(/C1=CCN(C)CC1)c1ccc(C(=O)N2CCNC(=O)C2(C)C)nc1C. The van der Waals surface area contributed by atoms with Gasteiger partial charge in [-0.2, -0.15) is 0 Å². The van der Waals surface area contributed by atoms with Crippen molar-refractivity contribution in [3.8, 4) is 0 Å². The van der Waals surface area contributed by atoms with Crippen LogP contribution in [0.25, 0.3) is 5.57 Å². The molecule has 6 nitrogen and oxygen atoms in total. The largest absolute Gasteiger partial charge is 0.352 e. The summed E-state index contributed by atoms with van der Waals surface area (Å²) < 4.78 is 0. The summed E-state index contributed by atoms with van der Waals surface area (Å²) in [5.74, 6) is -0.333. The maximum atomic E-state index is 13.1. The van der Waals surface area contributed by atoms with Crippen molar-refractivity contribution in [2.45, 2.75) is 39.7 Å². The van der Waals surface area contributed by atoms with E-state index in [1.54, 1.807) is 24.8 Å². The molecule has 2 aliphatic rings. The van der Waals surface area contributed by atoms with Gasteiger partial charge in [0.1, 0.15) is 11.2 Å². The number of pyridine rings is 1. The molecule has 2 amide bonds. The van der Waals surface area contributed by atoms with Crippen LogP contribution in [0.2, 0.25) is 0 Å². The molecule has 6 heteroatoms. The van der Waals surface area contributed by atoms with E-state index in [0.717, 1.165) is 30.8 Å². The van der Waals surface area contributed by atoms with E-state index in [1.165, 1.54) is 11.1 Å². The number of likely N-dealkylation sites (N-methyl/N-ethyl adjacent to an activating group) is 1. The number of rotatable bonds is 3. The molecule has 3 heterocycles. The fraction of sp³-hybridized carbons (Fsp3) is 0.500. The van der Waals surface area contributed by atoms with Gasteiger partial charge in [-0.05, 0) is 58.4 Å². The maximum Gasteiger partial charge on any atom is 0.273 e. The van der Waals surface area contributed by atoms with Gasteiger partial charge in [-0.25, -0.2) is 4.98 Å². The standard InChI is InChI=1S/C22H30N4O2/c1-6-17(16-9-12-25(5)13-10-16)18-7-8-19(24-15(18)2)20(27)26-14-11-23-21(28)22(26,3)4/h6-9H,10-14H2,1-5H3,(H,23,28)/b17-6-. The number of nitrogens with zero attached hydrogens (tertiary/aromatic N) is 3. The normalized spacial score (nSPS) is 20.6. The molecule has 0 spiro atoms. The van der Waals surface area contributed by atoms with Crippen molar-refractivity contribution >= 4 is 17.4 Å². The summed E-state index contributed by atoms with van der Waals surface area (Å²) in [5.41, 5.74) is 3.92. The van der Waals surface area contributed by atoms with Gasteiger partial charge in [0.2, 0.25) is 5.91 Å². The monoisotopic (exact) mass is 382 g/mol. The fourth-order valence-electron chi connectivity index (χ4n) is 3.89. The van der Waals surface area contributed by atoms with Gasteiger partial charge in [-0.15, -0.1) is 0 Å². The lowest BCUT2D eigenvalue weighted by Gasteiger charge is -2.41. The Labute approximate surface area is 167 Å². The van der Waals surface area contributed by atoms with E-state index in [-0.39, 0.29) is 11.8 Å². The molecule has 0 bridgehead atoms. The number of hydrogen-bond acceptors (Lipinski definition) is 4. The van der Waals surface area contributed by atoms with Crippen LogP contribution >= 0.6 is 0 Å². The third kappa shape index (κ3) is 3.74. The van der Waals surface area contributed by atoms with E-state index >= 15 is 0 Å². The molecule has 150 valence electrons. The van der Waals surface area contributed by atoms with E-state index in [0.29, 0.717) is 18.8 Å². The molecule has 0 atom stereocenters. The van der Waals surface area contributed by atoms with Crippen LogP contribution in [0.4, 0.5) is 0 Å². The van der Waals surface area contributed by atoms with E-state index in [4.69, 9.17) is 0 Å². The minimum absolute atomic E-state index is 0.133. The van der Waals surface area contributed by atoms with Gasteiger partial charge >= 0.3 is 0 Å². The van der Waals surface area contributed by atoms with Crippen molar-refractivity contribution in [2.24, 2.45) is 0 Å². The van der Waals surface area contributed by atoms with Crippen LogP contribution in [0.1, 0.15) is 48.9 Å². The predicted molar refractivity (Wildman–Crippen MR) is 111 cm³/mol. The highest BCUT2D eigenvalue weighted by atomic mass is 16.2. The third-order valence-corrected chi connectivity index (χ3v) is 5.74. The van der Waals surface area contributed by atoms with Crippen LogP contribution in [-0.4, -0.2) is 65.4 Å². The first-order valence-electron chi connectivity index (χ1n) is 9.88. The molecular weight excluding hydrogens is 352 g/mol. The van der Waals surface area contributed by atoms with E-state index in [9.17, 15) is 9.59 Å². The molecule has 2 aliphatic heterocycles. The summed E-state index contributed by atoms with van der Waals surface area (Å²) in [6.07, 6.45) is 5.40. The molecule has 0 unspecified atom stereocenters. The number of aromatic nitrogens is 1. The molecule has 1 aromatic rings. The van der Waals surface area contributed by atoms with Crippen LogP contribution in [0.3, 0.4) is 0 Å². The van der Waals surface area contributed by atoms with Gasteiger partial charge in [-0.3, -0.25) is 9.59 Å². The molecule has 0 aromatic carbocycles. The molecule has 0 radical (unpaired) electrons. The lowest BCUT2D eigenvalue weighted by molar-refractivity contribution is -0.133. The first kappa shape index (κ1) is 20.3. The van der Waals surface area contributed by atoms with Gasteiger partial charge in [0.25, 0.3) is 5.91 Å². The van der Waals surface area contributed by atoms with Gasteiger partial charge < -0.3 is 15.1 Å². The van der Waals surface area contributed by atoms with Crippen LogP contribution in [0.5, 0.6) is 0 Å². The summed E-state index contributed by atoms with van der Waals surface area (Å²) in [4.78, 5) is 33.7. The Morgan fingerprint density at radius 2 is 2.04 bits per heavy atom. The van der Waals surface area contributed by atoms with Gasteiger partial charge in [0, 0.05) is 37.4 Å². The molecule has 0 aliphatic carbocycles. The van der Waals surface area contributed by atoms with Crippen molar-refractivity contribution < 1.29 is 9.59 Å². The zero-order chi connectivity index (χ0) is 20.5. The number of piperazine rings is 1. The number of aryl methyl sites for hydroxylation is 1. The molecule has 3 rings (SSSR count). The van der Waals surface area contributed by atoms with Crippen molar-refractivity contribution in [1.29, 1.82) is 0 Å². The van der Waals surface area contributed by atoms with Crippen molar-refractivity contribution in [3.05, 3.63) is 46.8 Å². The average molecular weight is 383 g/mol. The van der Waals surface area contributed by atoms with E-state index in [1.807, 2.05) is 19.9 Å². The van der Waals surface area contributed by atoms with Crippen LogP contribution < -0.4 is 5.32 Å². The summed E-state index contributed by atoms with van der Waals surface area (Å²) in [7, 11) is 2.12. The van der Waals surface area contributed by atoms with Crippen LogP contribution in [-0.2, 0) is 4.79 Å². The topological polar surface area (TPSA) is 65.5 Å². The number of allylic oxidation sites excluding steroid dienone is 2. The van der Waals surface area contributed by atoms with Crippen LogP contribution in [0, 0.1) is 6.92 Å². The Hall–Kier alpha value is -2.47. The molecular formula is C22H30N4O2. The Balaban J connectivity index is 1.88. The molecule has 1 N–H and O–H groups in total. The maximum absolute atomic E-state index is 13.1. The Kier molecular flexibility index (Phi) is 5.70. The molecule has 1 aromatic heterocycles. The molecule has 0 saturated carbocycles. The second kappa shape index (κ2) is 7.87. The zero-order valence-corrected chi connectivity index (χ0v) is 17.5. The lowest BCUT2D eigenvalue weighted by Crippen LogP contribution is -2.63. The minimum Gasteiger partial charge on any atom is -0.352 e. The predicted octanol–water partition coefficient (Wildman–Crippen LogP) is 2.41. The van der Waals surface area contributed by atoms with E-state index < -0.39 is 5.54 Å². The summed E-state index contributed by atoms with van der Waals surface area (Å²) in [6.45, 7) is 10.5. The Morgan fingerprint density at radius 1 is 1.29 bits per heavy atom. The van der Waals surface area contributed by atoms with Crippen molar-refractivity contribution in [3.63, 3.8) is 0 Å². The highest BCUT2D eigenvalue weighted by Gasteiger charge is 2.41. The number of carbonyl (C=O) groups is 2. The summed E-state index contributed by atoms with van der Waals surface area (Å²) in [5, 5.41) is 2.82. The summed E-state index contributed by atoms with van der Waals surface area (Å²) in [6, 6.07) is 3.77. The summed E-state index contributed by atoms with van der Waals surface area (Å²) >= 11 is 0. The molecule has 28 heavy (non-hydrogen) atoms.